The van der Waals surface area contributed by atoms with Crippen molar-refractivity contribution in [3.8, 4) is 5.75 Å². The highest BCUT2D eigenvalue weighted by Gasteiger charge is 2.07. The molecule has 0 spiro atoms. The second kappa shape index (κ2) is 8.59. The van der Waals surface area contributed by atoms with Crippen LogP contribution in [0.1, 0.15) is 37.6 Å². The Morgan fingerprint density at radius 1 is 1.25 bits per heavy atom. The second-order valence-corrected chi connectivity index (χ2v) is 5.61. The number of nitrogens with two attached hydrogens (primary N) is 1. The third-order valence-corrected chi connectivity index (χ3v) is 3.09. The molecule has 1 amide bonds. The van der Waals surface area contributed by atoms with Gasteiger partial charge in [-0.1, -0.05) is 20.8 Å². The Bertz CT molecular complexity index is 401. The zero-order valence-electron chi connectivity index (χ0n) is 12.7. The maximum atomic E-state index is 11.9. The molecule has 0 saturated heterocycles. The Morgan fingerprint density at radius 3 is 2.45 bits per heavy atom. The van der Waals surface area contributed by atoms with Crippen LogP contribution in [0.25, 0.3) is 0 Å². The number of carbonyl (C=O) groups excluding carboxylic acids is 1. The van der Waals surface area contributed by atoms with Crippen molar-refractivity contribution in [1.29, 1.82) is 0 Å². The van der Waals surface area contributed by atoms with Gasteiger partial charge in [0.25, 0.3) is 5.91 Å². The van der Waals surface area contributed by atoms with Crippen molar-refractivity contribution in [3.05, 3.63) is 29.8 Å². The summed E-state index contributed by atoms with van der Waals surface area (Å²) in [7, 11) is 0. The number of benzene rings is 1. The van der Waals surface area contributed by atoms with Gasteiger partial charge in [-0.25, -0.2) is 0 Å². The van der Waals surface area contributed by atoms with Gasteiger partial charge in [0.15, 0.2) is 0 Å². The van der Waals surface area contributed by atoms with E-state index in [2.05, 4.69) is 19.2 Å². The lowest BCUT2D eigenvalue weighted by atomic mass is 10.1. The summed E-state index contributed by atoms with van der Waals surface area (Å²) >= 11 is 0. The van der Waals surface area contributed by atoms with Gasteiger partial charge >= 0.3 is 0 Å². The average molecular weight is 278 g/mol. The van der Waals surface area contributed by atoms with Crippen LogP contribution >= 0.6 is 0 Å². The molecular formula is C16H26N2O2. The quantitative estimate of drug-likeness (QED) is 0.767. The van der Waals surface area contributed by atoms with E-state index in [4.69, 9.17) is 10.5 Å². The van der Waals surface area contributed by atoms with E-state index in [0.717, 1.165) is 12.2 Å². The summed E-state index contributed by atoms with van der Waals surface area (Å²) in [4.78, 5) is 11.9. The van der Waals surface area contributed by atoms with Crippen molar-refractivity contribution >= 4 is 5.91 Å². The summed E-state index contributed by atoms with van der Waals surface area (Å²) in [5.41, 5.74) is 6.16. The predicted molar refractivity (Wildman–Crippen MR) is 81.9 cm³/mol. The highest BCUT2D eigenvalue weighted by molar-refractivity contribution is 5.94. The van der Waals surface area contributed by atoms with E-state index in [-0.39, 0.29) is 11.8 Å². The van der Waals surface area contributed by atoms with Gasteiger partial charge < -0.3 is 15.8 Å². The number of amides is 1. The molecule has 0 aromatic heterocycles. The molecule has 20 heavy (non-hydrogen) atoms. The minimum Gasteiger partial charge on any atom is -0.494 e. The van der Waals surface area contributed by atoms with Crippen molar-refractivity contribution in [3.63, 3.8) is 0 Å². The summed E-state index contributed by atoms with van der Waals surface area (Å²) in [6, 6.07) is 7.24. The Kier molecular flexibility index (Phi) is 7.09. The Hall–Kier alpha value is -1.55. The lowest BCUT2D eigenvalue weighted by Crippen LogP contribution is -2.31. The van der Waals surface area contributed by atoms with Gasteiger partial charge in [-0.05, 0) is 49.1 Å². The van der Waals surface area contributed by atoms with Crippen LogP contribution < -0.4 is 15.8 Å². The molecule has 1 aromatic carbocycles. The molecule has 1 atom stereocenters. The first kappa shape index (κ1) is 16.5. The number of hydrogen-bond acceptors (Lipinski definition) is 3. The molecule has 0 saturated carbocycles. The third kappa shape index (κ3) is 6.06. The summed E-state index contributed by atoms with van der Waals surface area (Å²) < 4.78 is 5.62. The largest absolute Gasteiger partial charge is 0.494 e. The highest BCUT2D eigenvalue weighted by atomic mass is 16.5. The van der Waals surface area contributed by atoms with Gasteiger partial charge in [0.1, 0.15) is 5.75 Å². The van der Waals surface area contributed by atoms with Gasteiger partial charge in [-0.3, -0.25) is 4.79 Å². The average Bonchev–Trinajstić information content (AvgIpc) is 2.44. The van der Waals surface area contributed by atoms with Gasteiger partial charge in [-0.2, -0.15) is 0 Å². The molecule has 0 aliphatic heterocycles. The maximum Gasteiger partial charge on any atom is 0.251 e. The van der Waals surface area contributed by atoms with E-state index in [1.807, 2.05) is 19.1 Å². The van der Waals surface area contributed by atoms with E-state index in [1.165, 1.54) is 0 Å². The third-order valence-electron chi connectivity index (χ3n) is 3.09. The van der Waals surface area contributed by atoms with Gasteiger partial charge in [0.05, 0.1) is 6.61 Å². The van der Waals surface area contributed by atoms with E-state index >= 15 is 0 Å². The molecule has 0 aliphatic rings. The van der Waals surface area contributed by atoms with E-state index in [9.17, 15) is 4.79 Å². The first-order chi connectivity index (χ1) is 9.52. The topological polar surface area (TPSA) is 64.3 Å². The van der Waals surface area contributed by atoms with Crippen LogP contribution in [0, 0.1) is 11.8 Å². The fraction of sp³-hybridized carbons (Fsp3) is 0.562. The Labute approximate surface area is 121 Å². The zero-order valence-corrected chi connectivity index (χ0v) is 12.7. The summed E-state index contributed by atoms with van der Waals surface area (Å²) in [5, 5.41) is 2.87. The van der Waals surface area contributed by atoms with Crippen LogP contribution in [0.2, 0.25) is 0 Å². The van der Waals surface area contributed by atoms with Crippen molar-refractivity contribution in [2.75, 3.05) is 19.7 Å². The molecule has 3 N–H and O–H groups in total. The van der Waals surface area contributed by atoms with Gasteiger partial charge in [-0.15, -0.1) is 0 Å². The molecule has 4 heteroatoms. The molecule has 0 heterocycles. The van der Waals surface area contributed by atoms with E-state index in [1.54, 1.807) is 12.1 Å². The molecule has 1 aromatic rings. The molecule has 0 radical (unpaired) electrons. The number of hydrogen-bond donors (Lipinski definition) is 2. The number of nitrogens with one attached hydrogen (secondary N) is 1. The van der Waals surface area contributed by atoms with Crippen molar-refractivity contribution in [2.45, 2.75) is 27.2 Å². The smallest absolute Gasteiger partial charge is 0.251 e. The van der Waals surface area contributed by atoms with Gasteiger partial charge in [0, 0.05) is 12.1 Å². The normalized spacial score (nSPS) is 12.2. The molecular weight excluding hydrogens is 252 g/mol. The molecule has 1 rings (SSSR count). The van der Waals surface area contributed by atoms with Crippen LogP contribution in [-0.2, 0) is 0 Å². The van der Waals surface area contributed by atoms with E-state index in [0.29, 0.717) is 31.2 Å². The number of ether oxygens (including phenoxy) is 1. The molecule has 0 fully saturated rings. The van der Waals surface area contributed by atoms with Gasteiger partial charge in [0.2, 0.25) is 0 Å². The molecule has 112 valence electrons. The lowest BCUT2D eigenvalue weighted by Gasteiger charge is -2.11. The molecule has 0 aliphatic carbocycles. The van der Waals surface area contributed by atoms with Crippen LogP contribution in [-0.4, -0.2) is 25.6 Å². The monoisotopic (exact) mass is 278 g/mol. The Balaban J connectivity index is 2.43. The summed E-state index contributed by atoms with van der Waals surface area (Å²) in [6.45, 7) is 8.21. The Morgan fingerprint density at radius 2 is 1.90 bits per heavy atom. The number of carbonyl (C=O) groups is 1. The fourth-order valence-electron chi connectivity index (χ4n) is 1.57. The number of rotatable bonds is 8. The zero-order chi connectivity index (χ0) is 15.0. The maximum absolute atomic E-state index is 11.9. The SMILES string of the molecule is CC(C)CCOc1ccc(C(=O)NCC(C)CN)cc1. The summed E-state index contributed by atoms with van der Waals surface area (Å²) in [6.07, 6.45) is 1.03. The molecule has 1 unspecified atom stereocenters. The second-order valence-electron chi connectivity index (χ2n) is 5.61. The fourth-order valence-corrected chi connectivity index (χ4v) is 1.57. The molecule has 4 nitrogen and oxygen atoms in total. The van der Waals surface area contributed by atoms with E-state index < -0.39 is 0 Å². The highest BCUT2D eigenvalue weighted by Crippen LogP contribution is 2.13. The minimum atomic E-state index is -0.0703. The van der Waals surface area contributed by atoms with Crippen LogP contribution in [0.5, 0.6) is 5.75 Å². The summed E-state index contributed by atoms with van der Waals surface area (Å²) in [5.74, 6) is 1.65. The lowest BCUT2D eigenvalue weighted by molar-refractivity contribution is 0.0948. The predicted octanol–water partition coefficient (Wildman–Crippen LogP) is 2.44. The van der Waals surface area contributed by atoms with Crippen molar-refractivity contribution < 1.29 is 9.53 Å². The standard InChI is InChI=1S/C16H26N2O2/c1-12(2)8-9-20-15-6-4-14(5-7-15)16(19)18-11-13(3)10-17/h4-7,12-13H,8-11,17H2,1-3H3,(H,18,19). The van der Waals surface area contributed by atoms with Crippen LogP contribution in [0.4, 0.5) is 0 Å². The van der Waals surface area contributed by atoms with Crippen molar-refractivity contribution in [1.82, 2.24) is 5.32 Å². The van der Waals surface area contributed by atoms with Crippen molar-refractivity contribution in [2.24, 2.45) is 17.6 Å². The van der Waals surface area contributed by atoms with Crippen LogP contribution in [0.15, 0.2) is 24.3 Å². The van der Waals surface area contributed by atoms with Crippen LogP contribution in [0.3, 0.4) is 0 Å². The first-order valence-electron chi connectivity index (χ1n) is 7.24. The minimum absolute atomic E-state index is 0.0703. The molecule has 0 bridgehead atoms. The first-order valence-corrected chi connectivity index (χ1v) is 7.24.